The van der Waals surface area contributed by atoms with Crippen LogP contribution in [-0.2, 0) is 4.79 Å². The van der Waals surface area contributed by atoms with Crippen molar-refractivity contribution in [2.24, 2.45) is 0 Å². The van der Waals surface area contributed by atoms with Crippen molar-refractivity contribution in [2.75, 3.05) is 18.2 Å². The van der Waals surface area contributed by atoms with Gasteiger partial charge in [0, 0.05) is 23.4 Å². The van der Waals surface area contributed by atoms with Gasteiger partial charge in [-0.3, -0.25) is 4.79 Å². The predicted molar refractivity (Wildman–Crippen MR) is 60.5 cm³/mol. The molecule has 0 saturated carbocycles. The molecule has 1 amide bonds. The topological polar surface area (TPSA) is 41.1 Å². The van der Waals surface area contributed by atoms with Crippen LogP contribution in [0.15, 0.2) is 29.2 Å². The zero-order valence-corrected chi connectivity index (χ0v) is 9.15. The van der Waals surface area contributed by atoms with Crippen LogP contribution in [0.3, 0.4) is 0 Å². The highest BCUT2D eigenvalue weighted by Crippen LogP contribution is 2.18. The Bertz CT molecular complexity index is 297. The molecule has 76 valence electrons. The number of rotatable bonds is 4. The highest BCUT2D eigenvalue weighted by atomic mass is 32.2. The molecule has 14 heavy (non-hydrogen) atoms. The molecule has 0 aliphatic rings. The number of amides is 1. The van der Waals surface area contributed by atoms with Crippen molar-refractivity contribution in [3.05, 3.63) is 24.3 Å². The van der Waals surface area contributed by atoms with Gasteiger partial charge in [-0.2, -0.15) is 0 Å². The Labute approximate surface area is 88.3 Å². The van der Waals surface area contributed by atoms with Crippen LogP contribution < -0.4 is 10.6 Å². The molecule has 0 aliphatic carbocycles. The van der Waals surface area contributed by atoms with Crippen LogP contribution >= 0.6 is 11.8 Å². The quantitative estimate of drug-likeness (QED) is 0.589. The summed E-state index contributed by atoms with van der Waals surface area (Å²) in [6, 6.07) is 7.79. The number of nitrogens with one attached hydrogen (secondary N) is 2. The molecular formula is C10H14N2OS. The van der Waals surface area contributed by atoms with E-state index in [9.17, 15) is 4.79 Å². The van der Waals surface area contributed by atoms with Gasteiger partial charge < -0.3 is 10.6 Å². The zero-order valence-electron chi connectivity index (χ0n) is 8.33. The maximum absolute atomic E-state index is 10.7. The smallest absolute Gasteiger partial charge is 0.221 e. The average Bonchev–Trinajstić information content (AvgIpc) is 2.16. The number of carbonyl (C=O) groups excluding carboxylic acids is 1. The van der Waals surface area contributed by atoms with Gasteiger partial charge in [0.05, 0.1) is 0 Å². The fourth-order valence-corrected chi connectivity index (χ4v) is 1.63. The SMILES string of the molecule is CNCSc1ccc(NC(C)=O)cc1. The molecule has 0 unspecified atom stereocenters. The minimum absolute atomic E-state index is 0.0411. The van der Waals surface area contributed by atoms with E-state index in [4.69, 9.17) is 0 Å². The summed E-state index contributed by atoms with van der Waals surface area (Å²) in [5.41, 5.74) is 0.839. The Hall–Kier alpha value is -1.00. The number of benzene rings is 1. The molecule has 0 bridgehead atoms. The van der Waals surface area contributed by atoms with Crippen molar-refractivity contribution in [3.63, 3.8) is 0 Å². The first-order valence-electron chi connectivity index (χ1n) is 4.37. The first-order valence-corrected chi connectivity index (χ1v) is 5.36. The summed E-state index contributed by atoms with van der Waals surface area (Å²) < 4.78 is 0. The predicted octanol–water partition coefficient (Wildman–Crippen LogP) is 1.91. The molecule has 2 N–H and O–H groups in total. The van der Waals surface area contributed by atoms with Gasteiger partial charge in [0.1, 0.15) is 0 Å². The molecular weight excluding hydrogens is 196 g/mol. The number of hydrogen-bond acceptors (Lipinski definition) is 3. The molecule has 0 radical (unpaired) electrons. The van der Waals surface area contributed by atoms with Crippen molar-refractivity contribution >= 4 is 23.4 Å². The molecule has 0 atom stereocenters. The highest BCUT2D eigenvalue weighted by Gasteiger charge is 1.96. The molecule has 1 rings (SSSR count). The van der Waals surface area contributed by atoms with Crippen molar-refractivity contribution in [2.45, 2.75) is 11.8 Å². The maximum Gasteiger partial charge on any atom is 0.221 e. The summed E-state index contributed by atoms with van der Waals surface area (Å²) in [5.74, 6) is 0.847. The maximum atomic E-state index is 10.7. The Balaban J connectivity index is 2.54. The monoisotopic (exact) mass is 210 g/mol. The van der Waals surface area contributed by atoms with Gasteiger partial charge in [-0.25, -0.2) is 0 Å². The van der Waals surface area contributed by atoms with E-state index in [0.29, 0.717) is 0 Å². The summed E-state index contributed by atoms with van der Waals surface area (Å²) >= 11 is 1.72. The minimum atomic E-state index is -0.0411. The second-order valence-electron chi connectivity index (χ2n) is 2.85. The van der Waals surface area contributed by atoms with Crippen LogP contribution in [0.1, 0.15) is 6.92 Å². The van der Waals surface area contributed by atoms with E-state index in [-0.39, 0.29) is 5.91 Å². The second-order valence-corrected chi connectivity index (χ2v) is 3.90. The lowest BCUT2D eigenvalue weighted by Crippen LogP contribution is -2.05. The van der Waals surface area contributed by atoms with Gasteiger partial charge in [-0.1, -0.05) is 0 Å². The molecule has 0 heterocycles. The lowest BCUT2D eigenvalue weighted by molar-refractivity contribution is -0.114. The summed E-state index contributed by atoms with van der Waals surface area (Å²) in [6.07, 6.45) is 0. The fourth-order valence-electron chi connectivity index (χ4n) is 0.993. The average molecular weight is 210 g/mol. The van der Waals surface area contributed by atoms with E-state index in [1.165, 1.54) is 11.8 Å². The lowest BCUT2D eigenvalue weighted by Gasteiger charge is -2.03. The number of thioether (sulfide) groups is 1. The zero-order chi connectivity index (χ0) is 10.4. The number of anilines is 1. The highest BCUT2D eigenvalue weighted by molar-refractivity contribution is 7.99. The van der Waals surface area contributed by atoms with Crippen LogP contribution in [0.4, 0.5) is 5.69 Å². The molecule has 0 aliphatic heterocycles. The largest absolute Gasteiger partial charge is 0.326 e. The molecule has 0 spiro atoms. The summed E-state index contributed by atoms with van der Waals surface area (Å²) in [4.78, 5) is 11.9. The van der Waals surface area contributed by atoms with Gasteiger partial charge >= 0.3 is 0 Å². The van der Waals surface area contributed by atoms with Crippen LogP contribution in [0, 0.1) is 0 Å². The second kappa shape index (κ2) is 5.67. The van der Waals surface area contributed by atoms with E-state index in [1.54, 1.807) is 11.8 Å². The molecule has 1 aromatic carbocycles. The van der Waals surface area contributed by atoms with Crippen molar-refractivity contribution in [3.8, 4) is 0 Å². The Morgan fingerprint density at radius 2 is 2.00 bits per heavy atom. The van der Waals surface area contributed by atoms with Crippen LogP contribution in [-0.4, -0.2) is 18.8 Å². The van der Waals surface area contributed by atoms with Crippen LogP contribution in [0.25, 0.3) is 0 Å². The molecule has 0 aromatic heterocycles. The van der Waals surface area contributed by atoms with Gasteiger partial charge in [0.2, 0.25) is 5.91 Å². The third kappa shape index (κ3) is 3.81. The summed E-state index contributed by atoms with van der Waals surface area (Å²) in [5, 5.41) is 5.78. The van der Waals surface area contributed by atoms with E-state index in [0.717, 1.165) is 11.6 Å². The minimum Gasteiger partial charge on any atom is -0.326 e. The lowest BCUT2D eigenvalue weighted by atomic mass is 10.3. The molecule has 4 heteroatoms. The summed E-state index contributed by atoms with van der Waals surface area (Å²) in [7, 11) is 1.92. The Morgan fingerprint density at radius 1 is 1.36 bits per heavy atom. The van der Waals surface area contributed by atoms with E-state index in [1.807, 2.05) is 31.3 Å². The Morgan fingerprint density at radius 3 is 2.50 bits per heavy atom. The first kappa shape index (κ1) is 11.1. The van der Waals surface area contributed by atoms with Gasteiger partial charge in [-0.05, 0) is 31.3 Å². The Kier molecular flexibility index (Phi) is 4.49. The molecule has 0 fully saturated rings. The number of carbonyl (C=O) groups is 1. The third-order valence-electron chi connectivity index (χ3n) is 1.56. The third-order valence-corrected chi connectivity index (χ3v) is 2.60. The first-order chi connectivity index (χ1) is 6.72. The van der Waals surface area contributed by atoms with Gasteiger partial charge in [-0.15, -0.1) is 11.8 Å². The van der Waals surface area contributed by atoms with Crippen molar-refractivity contribution in [1.29, 1.82) is 0 Å². The fraction of sp³-hybridized carbons (Fsp3) is 0.300. The van der Waals surface area contributed by atoms with Crippen molar-refractivity contribution in [1.82, 2.24) is 5.32 Å². The van der Waals surface area contributed by atoms with E-state index in [2.05, 4.69) is 10.6 Å². The van der Waals surface area contributed by atoms with Crippen molar-refractivity contribution < 1.29 is 4.79 Å². The standard InChI is InChI=1S/C10H14N2OS/c1-8(13)12-9-3-5-10(6-4-9)14-7-11-2/h3-6,11H,7H2,1-2H3,(H,12,13). The number of hydrogen-bond donors (Lipinski definition) is 2. The van der Waals surface area contributed by atoms with Gasteiger partial charge in [0.15, 0.2) is 0 Å². The molecule has 3 nitrogen and oxygen atoms in total. The molecule has 0 saturated heterocycles. The molecule has 1 aromatic rings. The van der Waals surface area contributed by atoms with E-state index < -0.39 is 0 Å². The van der Waals surface area contributed by atoms with E-state index >= 15 is 0 Å². The summed E-state index contributed by atoms with van der Waals surface area (Å²) in [6.45, 7) is 1.50. The van der Waals surface area contributed by atoms with Crippen LogP contribution in [0.2, 0.25) is 0 Å². The normalized spacial score (nSPS) is 9.86. The van der Waals surface area contributed by atoms with Crippen LogP contribution in [0.5, 0.6) is 0 Å². The van der Waals surface area contributed by atoms with Gasteiger partial charge in [0.25, 0.3) is 0 Å².